The van der Waals surface area contributed by atoms with Crippen molar-refractivity contribution < 1.29 is 8.42 Å². The fourth-order valence-electron chi connectivity index (χ4n) is 1.31. The van der Waals surface area contributed by atoms with Gasteiger partial charge in [0.1, 0.15) is 0 Å². The second-order valence-electron chi connectivity index (χ2n) is 3.63. The number of benzene rings is 1. The van der Waals surface area contributed by atoms with E-state index in [-0.39, 0.29) is 5.75 Å². The minimum Gasteiger partial charge on any atom is -0.317 e. The smallest absolute Gasteiger partial charge is 0.232 e. The Kier molecular flexibility index (Phi) is 5.74. The quantitative estimate of drug-likeness (QED) is 0.750. The van der Waals surface area contributed by atoms with Gasteiger partial charge in [0.25, 0.3) is 0 Å². The van der Waals surface area contributed by atoms with Gasteiger partial charge in [0.15, 0.2) is 0 Å². The number of halogens is 1. The molecule has 0 unspecified atom stereocenters. The highest BCUT2D eigenvalue weighted by Crippen LogP contribution is 2.14. The number of hydrogen-bond donors (Lipinski definition) is 2. The predicted octanol–water partition coefficient (Wildman–Crippen LogP) is 2.08. The first-order chi connectivity index (χ1) is 8.03. The third-order valence-corrected chi connectivity index (χ3v) is 3.76. The van der Waals surface area contributed by atoms with E-state index in [1.165, 1.54) is 0 Å². The second kappa shape index (κ2) is 6.83. The number of rotatable bonds is 7. The van der Waals surface area contributed by atoms with Gasteiger partial charge in [-0.25, -0.2) is 8.42 Å². The molecule has 0 fully saturated rings. The molecule has 0 saturated carbocycles. The van der Waals surface area contributed by atoms with Crippen LogP contribution >= 0.6 is 11.6 Å². The Bertz CT molecular complexity index is 431. The molecule has 0 saturated heterocycles. The van der Waals surface area contributed by atoms with E-state index in [4.69, 9.17) is 11.6 Å². The molecule has 2 N–H and O–H groups in total. The maximum Gasteiger partial charge on any atom is 0.232 e. The Hall–Kier alpha value is -0.780. The van der Waals surface area contributed by atoms with Crippen LogP contribution in [0, 0.1) is 0 Å². The second-order valence-corrected chi connectivity index (χ2v) is 5.91. The summed E-state index contributed by atoms with van der Waals surface area (Å²) in [6.07, 6.45) is 0.594. The largest absolute Gasteiger partial charge is 0.317 e. The monoisotopic (exact) mass is 276 g/mol. The van der Waals surface area contributed by atoms with Crippen LogP contribution in [0.3, 0.4) is 0 Å². The fourth-order valence-corrected chi connectivity index (χ4v) is 2.56. The summed E-state index contributed by atoms with van der Waals surface area (Å²) < 4.78 is 25.9. The van der Waals surface area contributed by atoms with Crippen LogP contribution in [-0.2, 0) is 10.0 Å². The van der Waals surface area contributed by atoms with Crippen LogP contribution < -0.4 is 10.0 Å². The molecule has 1 rings (SSSR count). The van der Waals surface area contributed by atoms with Gasteiger partial charge in [-0.3, -0.25) is 4.72 Å². The fraction of sp³-hybridized carbons (Fsp3) is 0.455. The van der Waals surface area contributed by atoms with Crippen molar-refractivity contribution in [3.8, 4) is 0 Å². The van der Waals surface area contributed by atoms with E-state index < -0.39 is 10.0 Å². The predicted molar refractivity (Wildman–Crippen MR) is 72.0 cm³/mol. The van der Waals surface area contributed by atoms with Gasteiger partial charge in [0.2, 0.25) is 10.0 Å². The topological polar surface area (TPSA) is 58.2 Å². The molecular formula is C11H17ClN2O2S. The van der Waals surface area contributed by atoms with E-state index in [1.54, 1.807) is 24.3 Å². The molecule has 0 aliphatic carbocycles. The molecule has 0 amide bonds. The van der Waals surface area contributed by atoms with Gasteiger partial charge in [-0.15, -0.1) is 0 Å². The number of nitrogens with one attached hydrogen (secondary N) is 2. The molecule has 0 aliphatic rings. The van der Waals surface area contributed by atoms with Gasteiger partial charge in [-0.05, 0) is 43.8 Å². The first-order valence-corrected chi connectivity index (χ1v) is 7.53. The van der Waals surface area contributed by atoms with Crippen molar-refractivity contribution in [2.75, 3.05) is 23.6 Å². The first kappa shape index (κ1) is 14.3. The Balaban J connectivity index is 2.46. The zero-order chi connectivity index (χ0) is 12.7. The van der Waals surface area contributed by atoms with Crippen LogP contribution in [0.5, 0.6) is 0 Å². The maximum atomic E-state index is 11.7. The number of anilines is 1. The minimum atomic E-state index is -3.26. The van der Waals surface area contributed by atoms with Gasteiger partial charge in [0, 0.05) is 10.7 Å². The summed E-state index contributed by atoms with van der Waals surface area (Å²) in [5.74, 6) is 0.114. The molecule has 1 aromatic carbocycles. The molecular weight excluding hydrogens is 260 g/mol. The van der Waals surface area contributed by atoms with E-state index in [1.807, 2.05) is 6.92 Å². The first-order valence-electron chi connectivity index (χ1n) is 5.50. The maximum absolute atomic E-state index is 11.7. The van der Waals surface area contributed by atoms with Gasteiger partial charge in [0.05, 0.1) is 5.75 Å². The van der Waals surface area contributed by atoms with Crippen LogP contribution in [0.15, 0.2) is 24.3 Å². The van der Waals surface area contributed by atoms with E-state index in [9.17, 15) is 8.42 Å². The lowest BCUT2D eigenvalue weighted by molar-refractivity contribution is 0.595. The summed E-state index contributed by atoms with van der Waals surface area (Å²) in [4.78, 5) is 0. The summed E-state index contributed by atoms with van der Waals surface area (Å²) in [6.45, 7) is 3.54. The third kappa shape index (κ3) is 5.91. The molecule has 6 heteroatoms. The molecule has 0 atom stereocenters. The lowest BCUT2D eigenvalue weighted by atomic mass is 10.3. The van der Waals surface area contributed by atoms with Gasteiger partial charge in [-0.1, -0.05) is 18.5 Å². The highest BCUT2D eigenvalue weighted by molar-refractivity contribution is 7.92. The Morgan fingerprint density at radius 2 is 1.88 bits per heavy atom. The highest BCUT2D eigenvalue weighted by Gasteiger charge is 2.09. The van der Waals surface area contributed by atoms with E-state index in [2.05, 4.69) is 10.0 Å². The summed E-state index contributed by atoms with van der Waals surface area (Å²) in [5.41, 5.74) is 0.540. The molecule has 1 aromatic rings. The van der Waals surface area contributed by atoms with Crippen molar-refractivity contribution >= 4 is 27.3 Å². The average molecular weight is 277 g/mol. The zero-order valence-corrected chi connectivity index (χ0v) is 11.3. The highest BCUT2D eigenvalue weighted by atomic mass is 35.5. The summed E-state index contributed by atoms with van der Waals surface area (Å²) in [7, 11) is -3.26. The number of hydrogen-bond acceptors (Lipinski definition) is 3. The zero-order valence-electron chi connectivity index (χ0n) is 9.74. The van der Waals surface area contributed by atoms with Crippen molar-refractivity contribution in [2.45, 2.75) is 13.3 Å². The molecule has 4 nitrogen and oxygen atoms in total. The summed E-state index contributed by atoms with van der Waals surface area (Å²) >= 11 is 5.72. The minimum absolute atomic E-state index is 0.114. The molecule has 0 radical (unpaired) electrons. The average Bonchev–Trinajstić information content (AvgIpc) is 2.27. The SMILES string of the molecule is CCNCCCS(=O)(=O)Nc1ccc(Cl)cc1. The standard InChI is InChI=1S/C11H17ClN2O2S/c1-2-13-8-3-9-17(15,16)14-11-6-4-10(12)5-7-11/h4-7,13-14H,2-3,8-9H2,1H3. The molecule has 0 aromatic heterocycles. The van der Waals surface area contributed by atoms with Crippen LogP contribution in [0.25, 0.3) is 0 Å². The molecule has 0 heterocycles. The Labute approximate surface area is 107 Å². The molecule has 17 heavy (non-hydrogen) atoms. The molecule has 0 spiro atoms. The van der Waals surface area contributed by atoms with Crippen LogP contribution in [0.1, 0.15) is 13.3 Å². The molecule has 96 valence electrons. The van der Waals surface area contributed by atoms with Crippen molar-refractivity contribution in [3.05, 3.63) is 29.3 Å². The van der Waals surface area contributed by atoms with E-state index in [0.29, 0.717) is 23.7 Å². The van der Waals surface area contributed by atoms with Crippen LogP contribution in [0.4, 0.5) is 5.69 Å². The Morgan fingerprint density at radius 3 is 2.47 bits per heavy atom. The van der Waals surface area contributed by atoms with Crippen LogP contribution in [-0.4, -0.2) is 27.3 Å². The Morgan fingerprint density at radius 1 is 1.24 bits per heavy atom. The lowest BCUT2D eigenvalue weighted by Crippen LogP contribution is -2.21. The van der Waals surface area contributed by atoms with Crippen molar-refractivity contribution in [1.29, 1.82) is 0 Å². The van der Waals surface area contributed by atoms with Gasteiger partial charge in [-0.2, -0.15) is 0 Å². The van der Waals surface area contributed by atoms with Crippen molar-refractivity contribution in [1.82, 2.24) is 5.32 Å². The van der Waals surface area contributed by atoms with E-state index in [0.717, 1.165) is 6.54 Å². The van der Waals surface area contributed by atoms with Crippen molar-refractivity contribution in [2.24, 2.45) is 0 Å². The third-order valence-electron chi connectivity index (χ3n) is 2.13. The van der Waals surface area contributed by atoms with Gasteiger partial charge < -0.3 is 5.32 Å². The van der Waals surface area contributed by atoms with Gasteiger partial charge >= 0.3 is 0 Å². The molecule has 0 bridgehead atoms. The van der Waals surface area contributed by atoms with E-state index >= 15 is 0 Å². The summed E-state index contributed by atoms with van der Waals surface area (Å²) in [5, 5.41) is 3.67. The summed E-state index contributed by atoms with van der Waals surface area (Å²) in [6, 6.07) is 6.59. The number of sulfonamides is 1. The lowest BCUT2D eigenvalue weighted by Gasteiger charge is -2.08. The van der Waals surface area contributed by atoms with Crippen molar-refractivity contribution in [3.63, 3.8) is 0 Å². The molecule has 0 aliphatic heterocycles. The normalized spacial score (nSPS) is 11.4. The van der Waals surface area contributed by atoms with Crippen LogP contribution in [0.2, 0.25) is 5.02 Å².